The van der Waals surface area contributed by atoms with Crippen LogP contribution in [0.25, 0.3) is 0 Å². The minimum Gasteiger partial charge on any atom is -0.459 e. The van der Waals surface area contributed by atoms with Crippen LogP contribution in [0.15, 0.2) is 108 Å². The summed E-state index contributed by atoms with van der Waals surface area (Å²) in [5, 5.41) is 7.02. The standard InChI is InChI=1S/C27H24N4O4/c1-19(25(32)30-31(20-11-4-2-5-12-20)21-13-6-3-7-14-21)28-26(33)22-15-8-9-16-23(22)29-27(34)24-17-10-18-35-24/h2-19H,1H3,(H,28,33)(H,29,34)(H,30,32)/t19-/m0/s1. The highest BCUT2D eigenvalue weighted by molar-refractivity contribution is 6.08. The molecule has 0 fully saturated rings. The summed E-state index contributed by atoms with van der Waals surface area (Å²) in [6, 6.07) is 27.5. The molecule has 0 bridgehead atoms. The highest BCUT2D eigenvalue weighted by atomic mass is 16.3. The molecule has 35 heavy (non-hydrogen) atoms. The zero-order valence-corrected chi connectivity index (χ0v) is 19.0. The molecule has 0 spiro atoms. The van der Waals surface area contributed by atoms with E-state index in [0.717, 1.165) is 11.4 Å². The number of benzene rings is 3. The zero-order chi connectivity index (χ0) is 24.6. The van der Waals surface area contributed by atoms with Gasteiger partial charge < -0.3 is 15.1 Å². The summed E-state index contributed by atoms with van der Waals surface area (Å²) in [5.74, 6) is -1.28. The minimum absolute atomic E-state index is 0.120. The van der Waals surface area contributed by atoms with Crippen LogP contribution in [-0.4, -0.2) is 23.8 Å². The van der Waals surface area contributed by atoms with Gasteiger partial charge >= 0.3 is 0 Å². The molecule has 1 atom stereocenters. The van der Waals surface area contributed by atoms with Crippen molar-refractivity contribution in [3.05, 3.63) is 115 Å². The van der Waals surface area contributed by atoms with Gasteiger partial charge in [-0.15, -0.1) is 0 Å². The molecular formula is C27H24N4O4. The minimum atomic E-state index is -0.869. The van der Waals surface area contributed by atoms with Crippen molar-refractivity contribution >= 4 is 34.8 Å². The van der Waals surface area contributed by atoms with E-state index in [0.29, 0.717) is 5.69 Å². The molecule has 3 N–H and O–H groups in total. The third kappa shape index (κ3) is 5.75. The largest absolute Gasteiger partial charge is 0.459 e. The van der Waals surface area contributed by atoms with Crippen LogP contribution in [-0.2, 0) is 4.79 Å². The Morgan fingerprint density at radius 1 is 0.743 bits per heavy atom. The van der Waals surface area contributed by atoms with Gasteiger partial charge in [0.2, 0.25) is 0 Å². The average Bonchev–Trinajstić information content (AvgIpc) is 3.44. The second-order valence-corrected chi connectivity index (χ2v) is 7.65. The third-order valence-corrected chi connectivity index (χ3v) is 5.16. The Morgan fingerprint density at radius 3 is 1.94 bits per heavy atom. The van der Waals surface area contributed by atoms with Crippen molar-refractivity contribution in [1.29, 1.82) is 0 Å². The van der Waals surface area contributed by atoms with E-state index in [1.807, 2.05) is 60.7 Å². The van der Waals surface area contributed by atoms with E-state index in [4.69, 9.17) is 4.42 Å². The topological polar surface area (TPSA) is 104 Å². The van der Waals surface area contributed by atoms with Crippen molar-refractivity contribution in [2.45, 2.75) is 13.0 Å². The molecule has 4 rings (SSSR count). The van der Waals surface area contributed by atoms with Gasteiger partial charge in [-0.05, 0) is 55.5 Å². The lowest BCUT2D eigenvalue weighted by Crippen LogP contribution is -2.50. The fourth-order valence-corrected chi connectivity index (χ4v) is 3.36. The number of amides is 3. The van der Waals surface area contributed by atoms with Gasteiger partial charge in [0.1, 0.15) is 6.04 Å². The number of rotatable bonds is 8. The molecule has 3 amide bonds. The second-order valence-electron chi connectivity index (χ2n) is 7.65. The van der Waals surface area contributed by atoms with E-state index in [9.17, 15) is 14.4 Å². The molecule has 0 saturated heterocycles. The Hall–Kier alpha value is -4.85. The molecule has 176 valence electrons. The first kappa shape index (κ1) is 23.3. The number of hydrogen-bond donors (Lipinski definition) is 3. The second kappa shape index (κ2) is 10.8. The van der Waals surface area contributed by atoms with E-state index in [1.165, 1.54) is 12.3 Å². The quantitative estimate of drug-likeness (QED) is 0.330. The first-order valence-corrected chi connectivity index (χ1v) is 11.0. The van der Waals surface area contributed by atoms with Crippen LogP contribution in [0.4, 0.5) is 17.1 Å². The van der Waals surface area contributed by atoms with Gasteiger partial charge in [0.15, 0.2) is 5.76 Å². The molecule has 0 aliphatic heterocycles. The van der Waals surface area contributed by atoms with E-state index >= 15 is 0 Å². The Morgan fingerprint density at radius 2 is 1.34 bits per heavy atom. The summed E-state index contributed by atoms with van der Waals surface area (Å²) >= 11 is 0. The van der Waals surface area contributed by atoms with Gasteiger partial charge in [-0.3, -0.25) is 24.8 Å². The fraction of sp³-hybridized carbons (Fsp3) is 0.0741. The summed E-state index contributed by atoms with van der Waals surface area (Å²) in [7, 11) is 0. The smallest absolute Gasteiger partial charge is 0.291 e. The SMILES string of the molecule is C[C@H](NC(=O)c1ccccc1NC(=O)c1ccco1)C(=O)NN(c1ccccc1)c1ccccc1. The number of hydrogen-bond acceptors (Lipinski definition) is 5. The predicted molar refractivity (Wildman–Crippen MR) is 133 cm³/mol. The van der Waals surface area contributed by atoms with Crippen LogP contribution in [0.3, 0.4) is 0 Å². The van der Waals surface area contributed by atoms with Crippen molar-refractivity contribution in [3.63, 3.8) is 0 Å². The molecule has 4 aromatic rings. The first-order chi connectivity index (χ1) is 17.0. The molecule has 1 heterocycles. The van der Waals surface area contributed by atoms with Crippen molar-refractivity contribution in [2.24, 2.45) is 0 Å². The average molecular weight is 469 g/mol. The normalized spacial score (nSPS) is 11.2. The maximum absolute atomic E-state index is 13.0. The van der Waals surface area contributed by atoms with Crippen LogP contribution in [0.1, 0.15) is 27.8 Å². The number of carbonyl (C=O) groups excluding carboxylic acids is 3. The van der Waals surface area contributed by atoms with Gasteiger partial charge in [0.05, 0.1) is 28.9 Å². The van der Waals surface area contributed by atoms with E-state index in [-0.39, 0.29) is 11.3 Å². The Kier molecular flexibility index (Phi) is 7.22. The highest BCUT2D eigenvalue weighted by Gasteiger charge is 2.22. The summed E-state index contributed by atoms with van der Waals surface area (Å²) in [5.41, 5.74) is 4.91. The highest BCUT2D eigenvalue weighted by Crippen LogP contribution is 2.22. The molecule has 8 nitrogen and oxygen atoms in total. The fourth-order valence-electron chi connectivity index (χ4n) is 3.36. The van der Waals surface area contributed by atoms with Gasteiger partial charge in [-0.25, -0.2) is 0 Å². The number of para-hydroxylation sites is 3. The van der Waals surface area contributed by atoms with E-state index < -0.39 is 23.8 Å². The number of anilines is 3. The number of carbonyl (C=O) groups is 3. The maximum Gasteiger partial charge on any atom is 0.291 e. The Bertz CT molecular complexity index is 1250. The van der Waals surface area contributed by atoms with Crippen LogP contribution in [0, 0.1) is 0 Å². The maximum atomic E-state index is 13.0. The molecule has 0 radical (unpaired) electrons. The van der Waals surface area contributed by atoms with E-state index in [1.54, 1.807) is 42.3 Å². The van der Waals surface area contributed by atoms with Crippen molar-refractivity contribution < 1.29 is 18.8 Å². The number of nitrogens with zero attached hydrogens (tertiary/aromatic N) is 1. The zero-order valence-electron chi connectivity index (χ0n) is 19.0. The molecule has 8 heteroatoms. The van der Waals surface area contributed by atoms with Crippen LogP contribution in [0.5, 0.6) is 0 Å². The molecule has 1 aromatic heterocycles. The summed E-state index contributed by atoms with van der Waals surface area (Å²) < 4.78 is 5.10. The van der Waals surface area contributed by atoms with Gasteiger partial charge in [-0.1, -0.05) is 48.5 Å². The third-order valence-electron chi connectivity index (χ3n) is 5.16. The Labute approximate surface area is 202 Å². The first-order valence-electron chi connectivity index (χ1n) is 11.0. The molecule has 0 saturated carbocycles. The Balaban J connectivity index is 1.46. The molecule has 0 unspecified atom stereocenters. The van der Waals surface area contributed by atoms with Crippen molar-refractivity contribution in [3.8, 4) is 0 Å². The number of hydrazine groups is 1. The van der Waals surface area contributed by atoms with Gasteiger partial charge in [0.25, 0.3) is 17.7 Å². The molecule has 3 aromatic carbocycles. The lowest BCUT2D eigenvalue weighted by Gasteiger charge is -2.27. The molecular weight excluding hydrogens is 444 g/mol. The van der Waals surface area contributed by atoms with Gasteiger partial charge in [-0.2, -0.15) is 0 Å². The van der Waals surface area contributed by atoms with Crippen LogP contribution >= 0.6 is 0 Å². The number of furan rings is 1. The lowest BCUT2D eigenvalue weighted by atomic mass is 10.1. The van der Waals surface area contributed by atoms with Gasteiger partial charge in [0, 0.05) is 0 Å². The summed E-state index contributed by atoms with van der Waals surface area (Å²) in [6.45, 7) is 1.59. The molecule has 0 aliphatic carbocycles. The lowest BCUT2D eigenvalue weighted by molar-refractivity contribution is -0.122. The van der Waals surface area contributed by atoms with Crippen LogP contribution in [0.2, 0.25) is 0 Å². The molecule has 0 aliphatic rings. The number of nitrogens with one attached hydrogen (secondary N) is 3. The summed E-state index contributed by atoms with van der Waals surface area (Å²) in [6.07, 6.45) is 1.39. The summed E-state index contributed by atoms with van der Waals surface area (Å²) in [4.78, 5) is 38.4. The van der Waals surface area contributed by atoms with E-state index in [2.05, 4.69) is 16.1 Å². The van der Waals surface area contributed by atoms with Crippen molar-refractivity contribution in [1.82, 2.24) is 10.7 Å². The predicted octanol–water partition coefficient (Wildman–Crippen LogP) is 4.52. The van der Waals surface area contributed by atoms with Crippen LogP contribution < -0.4 is 21.1 Å². The monoisotopic (exact) mass is 468 g/mol. The van der Waals surface area contributed by atoms with Crippen molar-refractivity contribution in [2.75, 3.05) is 10.3 Å².